The fraction of sp³-hybridized carbons (Fsp3) is 0.0500. The first-order valence-electron chi connectivity index (χ1n) is 7.62. The maximum atomic E-state index is 12.5. The van der Waals surface area contributed by atoms with Gasteiger partial charge in [0.05, 0.1) is 28.6 Å². The topological polar surface area (TPSA) is 65.8 Å². The Kier molecular flexibility index (Phi) is 4.92. The normalized spacial score (nSPS) is 10.1. The van der Waals surface area contributed by atoms with Gasteiger partial charge in [0.2, 0.25) is 0 Å². The number of anilines is 1. The average Bonchev–Trinajstić information content (AvgIpc) is 2.62. The molecule has 4 nitrogen and oxygen atoms in total. The number of nitriles is 1. The molecular formula is C20H14BrN3O. The summed E-state index contributed by atoms with van der Waals surface area (Å²) in [6.45, 7) is 1.81. The van der Waals surface area contributed by atoms with Gasteiger partial charge < -0.3 is 5.32 Å². The number of hydrogen-bond donors (Lipinski definition) is 1. The van der Waals surface area contributed by atoms with Crippen molar-refractivity contribution in [1.29, 1.82) is 5.26 Å². The third-order valence-electron chi connectivity index (χ3n) is 3.72. The second kappa shape index (κ2) is 7.29. The highest BCUT2D eigenvalue weighted by molar-refractivity contribution is 9.10. The van der Waals surface area contributed by atoms with Gasteiger partial charge in [0.15, 0.2) is 0 Å². The Morgan fingerprint density at radius 2 is 1.88 bits per heavy atom. The fourth-order valence-electron chi connectivity index (χ4n) is 2.44. The number of aryl methyl sites for hydroxylation is 1. The van der Waals surface area contributed by atoms with Crippen LogP contribution in [0.1, 0.15) is 21.6 Å². The highest BCUT2D eigenvalue weighted by Gasteiger charge is 2.12. The smallest absolute Gasteiger partial charge is 0.257 e. The van der Waals surface area contributed by atoms with Crippen molar-refractivity contribution in [1.82, 2.24) is 4.98 Å². The number of hydrogen-bond acceptors (Lipinski definition) is 3. The lowest BCUT2D eigenvalue weighted by molar-refractivity contribution is 0.102. The van der Waals surface area contributed by atoms with Crippen LogP contribution in [0.5, 0.6) is 0 Å². The summed E-state index contributed by atoms with van der Waals surface area (Å²) in [7, 11) is 0. The molecule has 2 aromatic carbocycles. The molecule has 0 saturated carbocycles. The van der Waals surface area contributed by atoms with E-state index in [-0.39, 0.29) is 5.91 Å². The first-order valence-corrected chi connectivity index (χ1v) is 8.41. The lowest BCUT2D eigenvalue weighted by Gasteiger charge is -2.09. The summed E-state index contributed by atoms with van der Waals surface area (Å²) in [5, 5.41) is 11.6. The minimum absolute atomic E-state index is 0.226. The molecule has 0 radical (unpaired) electrons. The first kappa shape index (κ1) is 16.9. The monoisotopic (exact) mass is 391 g/mol. The van der Waals surface area contributed by atoms with E-state index in [1.165, 1.54) is 0 Å². The number of rotatable bonds is 3. The Bertz CT molecular complexity index is 975. The van der Waals surface area contributed by atoms with Crippen LogP contribution >= 0.6 is 15.9 Å². The molecule has 5 heteroatoms. The predicted molar refractivity (Wildman–Crippen MR) is 101 cm³/mol. The lowest BCUT2D eigenvalue weighted by Crippen LogP contribution is -2.14. The predicted octanol–water partition coefficient (Wildman–Crippen LogP) is 4.94. The van der Waals surface area contributed by atoms with Crippen LogP contribution in [0.15, 0.2) is 65.1 Å². The van der Waals surface area contributed by atoms with E-state index in [1.807, 2.05) is 43.3 Å². The molecule has 1 aromatic heterocycles. The maximum Gasteiger partial charge on any atom is 0.257 e. The molecule has 1 N–H and O–H groups in total. The van der Waals surface area contributed by atoms with E-state index in [9.17, 15) is 4.79 Å². The first-order chi connectivity index (χ1) is 12.1. The molecule has 0 saturated heterocycles. The van der Waals surface area contributed by atoms with Gasteiger partial charge in [-0.15, -0.1) is 0 Å². The third-order valence-corrected chi connectivity index (χ3v) is 4.22. The molecule has 3 rings (SSSR count). The molecule has 0 aliphatic rings. The van der Waals surface area contributed by atoms with Crippen LogP contribution in [0.25, 0.3) is 11.3 Å². The zero-order valence-electron chi connectivity index (χ0n) is 13.5. The molecule has 0 atom stereocenters. The average molecular weight is 392 g/mol. The minimum atomic E-state index is -0.226. The highest BCUT2D eigenvalue weighted by Crippen LogP contribution is 2.23. The molecular weight excluding hydrogens is 378 g/mol. The Morgan fingerprint density at radius 3 is 2.52 bits per heavy atom. The number of amides is 1. The van der Waals surface area contributed by atoms with Crippen molar-refractivity contribution in [2.75, 3.05) is 5.32 Å². The summed E-state index contributed by atoms with van der Waals surface area (Å²) in [6, 6.07) is 20.3. The highest BCUT2D eigenvalue weighted by atomic mass is 79.9. The molecule has 0 unspecified atom stereocenters. The van der Waals surface area contributed by atoms with Gasteiger partial charge in [0, 0.05) is 15.7 Å². The van der Waals surface area contributed by atoms with E-state index in [1.54, 1.807) is 30.3 Å². The Labute approximate surface area is 154 Å². The molecule has 122 valence electrons. The van der Waals surface area contributed by atoms with E-state index in [2.05, 4.69) is 26.2 Å². The van der Waals surface area contributed by atoms with Crippen molar-refractivity contribution < 1.29 is 4.79 Å². The Balaban J connectivity index is 1.82. The summed E-state index contributed by atoms with van der Waals surface area (Å²) in [5.74, 6) is -0.226. The number of benzene rings is 2. The van der Waals surface area contributed by atoms with E-state index in [4.69, 9.17) is 5.26 Å². The lowest BCUT2D eigenvalue weighted by atomic mass is 10.1. The van der Waals surface area contributed by atoms with Crippen LogP contribution in [0.3, 0.4) is 0 Å². The van der Waals surface area contributed by atoms with Crippen molar-refractivity contribution in [2.24, 2.45) is 0 Å². The van der Waals surface area contributed by atoms with Gasteiger partial charge in [-0.25, -0.2) is 0 Å². The standard InChI is InChI=1S/C20H14BrN3O/c1-13-18(20(25)24-17-7-5-14(12-22)6-8-17)9-10-19(23-13)15-3-2-4-16(21)11-15/h2-11H,1H3,(H,24,25). The largest absolute Gasteiger partial charge is 0.322 e. The van der Waals surface area contributed by atoms with Crippen molar-refractivity contribution in [3.8, 4) is 17.3 Å². The van der Waals surface area contributed by atoms with E-state index < -0.39 is 0 Å². The Hall–Kier alpha value is -2.97. The third kappa shape index (κ3) is 3.93. The molecule has 0 bridgehead atoms. The van der Waals surface area contributed by atoms with Gasteiger partial charge in [0.25, 0.3) is 5.91 Å². The van der Waals surface area contributed by atoms with Crippen LogP contribution in [-0.2, 0) is 0 Å². The number of aromatic nitrogens is 1. The van der Waals surface area contributed by atoms with Crippen LogP contribution in [0.2, 0.25) is 0 Å². The van der Waals surface area contributed by atoms with Gasteiger partial charge >= 0.3 is 0 Å². The van der Waals surface area contributed by atoms with Gasteiger partial charge in [0.1, 0.15) is 0 Å². The number of carbonyl (C=O) groups is 1. The fourth-order valence-corrected chi connectivity index (χ4v) is 2.84. The summed E-state index contributed by atoms with van der Waals surface area (Å²) < 4.78 is 0.979. The summed E-state index contributed by atoms with van der Waals surface area (Å²) in [4.78, 5) is 17.0. The van der Waals surface area contributed by atoms with Crippen molar-refractivity contribution in [3.63, 3.8) is 0 Å². The molecule has 25 heavy (non-hydrogen) atoms. The summed E-state index contributed by atoms with van der Waals surface area (Å²) in [5.41, 5.74) is 4.16. The zero-order chi connectivity index (χ0) is 17.8. The van der Waals surface area contributed by atoms with Crippen molar-refractivity contribution >= 4 is 27.5 Å². The molecule has 0 aliphatic heterocycles. The van der Waals surface area contributed by atoms with Crippen molar-refractivity contribution in [3.05, 3.63) is 82.0 Å². The van der Waals surface area contributed by atoms with Crippen LogP contribution in [-0.4, -0.2) is 10.9 Å². The second-order valence-corrected chi connectivity index (χ2v) is 6.40. The summed E-state index contributed by atoms with van der Waals surface area (Å²) >= 11 is 3.45. The Morgan fingerprint density at radius 1 is 1.12 bits per heavy atom. The van der Waals surface area contributed by atoms with Crippen molar-refractivity contribution in [2.45, 2.75) is 6.92 Å². The number of carbonyl (C=O) groups excluding carboxylic acids is 1. The molecule has 0 aliphatic carbocycles. The SMILES string of the molecule is Cc1nc(-c2cccc(Br)c2)ccc1C(=O)Nc1ccc(C#N)cc1. The van der Waals surface area contributed by atoms with E-state index >= 15 is 0 Å². The maximum absolute atomic E-state index is 12.5. The van der Waals surface area contributed by atoms with Gasteiger partial charge in [-0.2, -0.15) is 5.26 Å². The number of pyridine rings is 1. The van der Waals surface area contributed by atoms with Crippen LogP contribution in [0.4, 0.5) is 5.69 Å². The number of nitrogens with one attached hydrogen (secondary N) is 1. The molecule has 1 heterocycles. The zero-order valence-corrected chi connectivity index (χ0v) is 15.0. The van der Waals surface area contributed by atoms with Crippen LogP contribution in [0, 0.1) is 18.3 Å². The van der Waals surface area contributed by atoms with Crippen LogP contribution < -0.4 is 5.32 Å². The quantitative estimate of drug-likeness (QED) is 0.686. The van der Waals surface area contributed by atoms with E-state index in [0.29, 0.717) is 22.5 Å². The molecule has 1 amide bonds. The minimum Gasteiger partial charge on any atom is -0.322 e. The molecule has 0 spiro atoms. The van der Waals surface area contributed by atoms with E-state index in [0.717, 1.165) is 15.7 Å². The van der Waals surface area contributed by atoms with Gasteiger partial charge in [-0.3, -0.25) is 9.78 Å². The summed E-state index contributed by atoms with van der Waals surface area (Å²) in [6.07, 6.45) is 0. The van der Waals surface area contributed by atoms with Gasteiger partial charge in [-0.1, -0.05) is 28.1 Å². The number of halogens is 1. The molecule has 3 aromatic rings. The number of nitrogens with zero attached hydrogens (tertiary/aromatic N) is 2. The van der Waals surface area contributed by atoms with Gasteiger partial charge in [-0.05, 0) is 55.5 Å². The molecule has 0 fully saturated rings. The second-order valence-electron chi connectivity index (χ2n) is 5.48.